The summed E-state index contributed by atoms with van der Waals surface area (Å²) in [7, 11) is 0. The van der Waals surface area contributed by atoms with Crippen molar-refractivity contribution < 1.29 is 4.79 Å². The van der Waals surface area contributed by atoms with Crippen molar-refractivity contribution >= 4 is 35.1 Å². The van der Waals surface area contributed by atoms with Gasteiger partial charge in [0, 0.05) is 24.6 Å². The summed E-state index contributed by atoms with van der Waals surface area (Å²) in [4.78, 5) is 16.2. The number of thioether (sulfide) groups is 1. The first-order chi connectivity index (χ1) is 13.1. The molecule has 0 spiro atoms. The molecule has 0 saturated heterocycles. The van der Waals surface area contributed by atoms with Crippen LogP contribution in [0.5, 0.6) is 0 Å². The number of allylic oxidation sites excluding steroid dienone is 2. The van der Waals surface area contributed by atoms with Crippen molar-refractivity contribution in [2.75, 3.05) is 11.1 Å². The molecule has 1 amide bonds. The Labute approximate surface area is 164 Å². The monoisotopic (exact) mass is 383 g/mol. The number of nitrogens with zero attached hydrogens (tertiary/aromatic N) is 4. The number of aliphatic imine (C=N–C) groups is 1. The predicted molar refractivity (Wildman–Crippen MR) is 113 cm³/mol. The number of carbonyl (C=O) groups excluding carboxylic acids is 1. The second-order valence-corrected chi connectivity index (χ2v) is 6.71. The zero-order valence-electron chi connectivity index (χ0n) is 16.0. The Hall–Kier alpha value is -2.67. The standard InChI is InChI=1S/C20H25N5OS/c1-5-16-8-10-17(11-9-16)22-18(26)14-27-20-24-23-19(25(20)7-3)15(4)12-13-21-6-2/h6,8-13H,2,5,7,14H2,1,3-4H3,(H,22,26)/b15-12+,21-13-. The molecule has 1 heterocycles. The lowest BCUT2D eigenvalue weighted by atomic mass is 10.1. The molecular weight excluding hydrogens is 358 g/mol. The maximum atomic E-state index is 12.2. The van der Waals surface area contributed by atoms with E-state index in [9.17, 15) is 4.79 Å². The minimum atomic E-state index is -0.0677. The summed E-state index contributed by atoms with van der Waals surface area (Å²) < 4.78 is 1.99. The van der Waals surface area contributed by atoms with Gasteiger partial charge in [-0.3, -0.25) is 9.79 Å². The van der Waals surface area contributed by atoms with Gasteiger partial charge in [-0.2, -0.15) is 0 Å². The second-order valence-electron chi connectivity index (χ2n) is 5.77. The van der Waals surface area contributed by atoms with Crippen LogP contribution in [-0.2, 0) is 17.8 Å². The van der Waals surface area contributed by atoms with E-state index in [1.165, 1.54) is 23.5 Å². The molecule has 1 aromatic heterocycles. The van der Waals surface area contributed by atoms with Gasteiger partial charge in [-0.1, -0.05) is 37.4 Å². The zero-order chi connectivity index (χ0) is 19.6. The van der Waals surface area contributed by atoms with Crippen LogP contribution in [0.4, 0.5) is 5.69 Å². The molecular formula is C20H25N5OS. The van der Waals surface area contributed by atoms with Crippen LogP contribution in [0.3, 0.4) is 0 Å². The number of amides is 1. The fraction of sp³-hybridized carbons (Fsp3) is 0.300. The first kappa shape index (κ1) is 20.6. The highest BCUT2D eigenvalue weighted by molar-refractivity contribution is 7.99. The number of carbonyl (C=O) groups is 1. The molecule has 0 bridgehead atoms. The number of hydrogen-bond donors (Lipinski definition) is 1. The molecule has 0 fully saturated rings. The maximum absolute atomic E-state index is 12.2. The third-order valence-electron chi connectivity index (χ3n) is 3.88. The van der Waals surface area contributed by atoms with E-state index >= 15 is 0 Å². The SMILES string of the molecule is C=C/N=C\C=C(/C)c1nnc(SCC(=O)Nc2ccc(CC)cc2)n1CC. The fourth-order valence-corrected chi connectivity index (χ4v) is 3.22. The van der Waals surface area contributed by atoms with Gasteiger partial charge in [-0.05, 0) is 49.6 Å². The highest BCUT2D eigenvalue weighted by Gasteiger charge is 2.14. The van der Waals surface area contributed by atoms with E-state index in [1.807, 2.05) is 48.8 Å². The summed E-state index contributed by atoms with van der Waals surface area (Å²) in [6.45, 7) is 10.3. The third-order valence-corrected chi connectivity index (χ3v) is 4.85. The van der Waals surface area contributed by atoms with Gasteiger partial charge < -0.3 is 9.88 Å². The predicted octanol–water partition coefficient (Wildman–Crippen LogP) is 4.21. The highest BCUT2D eigenvalue weighted by atomic mass is 32.2. The minimum absolute atomic E-state index is 0.0677. The molecule has 27 heavy (non-hydrogen) atoms. The Bertz CT molecular complexity index is 837. The van der Waals surface area contributed by atoms with Crippen LogP contribution in [0.15, 0.2) is 53.3 Å². The smallest absolute Gasteiger partial charge is 0.234 e. The van der Waals surface area contributed by atoms with Crippen molar-refractivity contribution in [2.45, 2.75) is 38.9 Å². The van der Waals surface area contributed by atoms with E-state index in [0.29, 0.717) is 6.54 Å². The summed E-state index contributed by atoms with van der Waals surface area (Å²) in [5.74, 6) is 0.974. The molecule has 0 unspecified atom stereocenters. The topological polar surface area (TPSA) is 72.2 Å². The van der Waals surface area contributed by atoms with Crippen LogP contribution < -0.4 is 5.32 Å². The summed E-state index contributed by atoms with van der Waals surface area (Å²) in [6.07, 6.45) is 5.98. The van der Waals surface area contributed by atoms with Gasteiger partial charge in [0.1, 0.15) is 0 Å². The van der Waals surface area contributed by atoms with Crippen molar-refractivity contribution in [1.29, 1.82) is 0 Å². The number of aromatic nitrogens is 3. The minimum Gasteiger partial charge on any atom is -0.325 e. The Morgan fingerprint density at radius 3 is 2.67 bits per heavy atom. The van der Waals surface area contributed by atoms with E-state index in [1.54, 1.807) is 6.21 Å². The van der Waals surface area contributed by atoms with Crippen LogP contribution in [0, 0.1) is 0 Å². The quantitative estimate of drug-likeness (QED) is 0.520. The summed E-state index contributed by atoms with van der Waals surface area (Å²) in [5.41, 5.74) is 2.99. The van der Waals surface area contributed by atoms with Crippen LogP contribution in [0.2, 0.25) is 0 Å². The van der Waals surface area contributed by atoms with E-state index < -0.39 is 0 Å². The summed E-state index contributed by atoms with van der Waals surface area (Å²) in [6, 6.07) is 7.89. The highest BCUT2D eigenvalue weighted by Crippen LogP contribution is 2.21. The van der Waals surface area contributed by atoms with E-state index in [0.717, 1.165) is 28.7 Å². The van der Waals surface area contributed by atoms with Crippen molar-refractivity contribution in [1.82, 2.24) is 14.8 Å². The molecule has 7 heteroatoms. The largest absolute Gasteiger partial charge is 0.325 e. The lowest BCUT2D eigenvalue weighted by molar-refractivity contribution is -0.113. The summed E-state index contributed by atoms with van der Waals surface area (Å²) in [5, 5.41) is 12.1. The lowest BCUT2D eigenvalue weighted by Crippen LogP contribution is -2.14. The first-order valence-corrected chi connectivity index (χ1v) is 9.83. The van der Waals surface area contributed by atoms with E-state index in [2.05, 4.69) is 34.0 Å². The zero-order valence-corrected chi connectivity index (χ0v) is 16.8. The van der Waals surface area contributed by atoms with Crippen LogP contribution in [0.1, 0.15) is 32.2 Å². The molecule has 0 aliphatic rings. The van der Waals surface area contributed by atoms with Crippen LogP contribution >= 0.6 is 11.8 Å². The maximum Gasteiger partial charge on any atom is 0.234 e. The van der Waals surface area contributed by atoms with Gasteiger partial charge in [0.05, 0.1) is 5.75 Å². The van der Waals surface area contributed by atoms with Crippen molar-refractivity contribution in [3.05, 3.63) is 54.5 Å². The Morgan fingerprint density at radius 1 is 1.30 bits per heavy atom. The van der Waals surface area contributed by atoms with Crippen molar-refractivity contribution in [3.8, 4) is 0 Å². The van der Waals surface area contributed by atoms with Gasteiger partial charge in [0.15, 0.2) is 11.0 Å². The number of hydrogen-bond acceptors (Lipinski definition) is 5. The number of anilines is 1. The van der Waals surface area contributed by atoms with Crippen LogP contribution in [0.25, 0.3) is 5.57 Å². The fourth-order valence-electron chi connectivity index (χ4n) is 2.41. The molecule has 0 atom stereocenters. The Morgan fingerprint density at radius 2 is 2.04 bits per heavy atom. The van der Waals surface area contributed by atoms with Gasteiger partial charge in [-0.25, -0.2) is 0 Å². The molecule has 1 aromatic carbocycles. The molecule has 1 N–H and O–H groups in total. The first-order valence-electron chi connectivity index (χ1n) is 8.85. The second kappa shape index (κ2) is 10.5. The number of rotatable bonds is 9. The average Bonchev–Trinajstić information content (AvgIpc) is 3.10. The summed E-state index contributed by atoms with van der Waals surface area (Å²) >= 11 is 1.37. The number of benzene rings is 1. The molecule has 0 radical (unpaired) electrons. The number of aryl methyl sites for hydroxylation is 1. The van der Waals surface area contributed by atoms with Crippen molar-refractivity contribution in [2.24, 2.45) is 4.99 Å². The Balaban J connectivity index is 2.00. The molecule has 2 aromatic rings. The number of nitrogens with one attached hydrogen (secondary N) is 1. The molecule has 0 aliphatic heterocycles. The molecule has 0 aliphatic carbocycles. The van der Waals surface area contributed by atoms with Gasteiger partial charge in [-0.15, -0.1) is 10.2 Å². The van der Waals surface area contributed by atoms with Gasteiger partial charge >= 0.3 is 0 Å². The van der Waals surface area contributed by atoms with Gasteiger partial charge in [0.25, 0.3) is 0 Å². The van der Waals surface area contributed by atoms with Gasteiger partial charge in [0.2, 0.25) is 5.91 Å². The molecule has 6 nitrogen and oxygen atoms in total. The average molecular weight is 384 g/mol. The van der Waals surface area contributed by atoms with E-state index in [-0.39, 0.29) is 11.7 Å². The van der Waals surface area contributed by atoms with Crippen LogP contribution in [-0.4, -0.2) is 32.6 Å². The van der Waals surface area contributed by atoms with E-state index in [4.69, 9.17) is 0 Å². The molecule has 142 valence electrons. The Kier molecular flexibility index (Phi) is 8.00. The molecule has 2 rings (SSSR count). The molecule has 0 saturated carbocycles. The lowest BCUT2D eigenvalue weighted by Gasteiger charge is -2.08. The normalized spacial score (nSPS) is 11.7. The third kappa shape index (κ3) is 5.92. The van der Waals surface area contributed by atoms with Crippen molar-refractivity contribution in [3.63, 3.8) is 0 Å².